The van der Waals surface area contributed by atoms with Crippen LogP contribution in [0.2, 0.25) is 0 Å². The van der Waals surface area contributed by atoms with E-state index in [2.05, 4.69) is 31.2 Å². The Morgan fingerprint density at radius 2 is 1.61 bits per heavy atom. The Balaban J connectivity index is 1.55. The molecule has 1 aliphatic rings. The molecule has 0 N–H and O–H groups in total. The van der Waals surface area contributed by atoms with Crippen molar-refractivity contribution in [2.75, 3.05) is 6.79 Å². The molecule has 4 rings (SSSR count). The predicted molar refractivity (Wildman–Crippen MR) is 108 cm³/mol. The van der Waals surface area contributed by atoms with Crippen molar-refractivity contribution in [3.8, 4) is 11.5 Å². The molecule has 3 aromatic carbocycles. The van der Waals surface area contributed by atoms with E-state index >= 15 is 0 Å². The Morgan fingerprint density at radius 1 is 0.857 bits per heavy atom. The van der Waals surface area contributed by atoms with Crippen molar-refractivity contribution in [2.45, 2.75) is 26.4 Å². The summed E-state index contributed by atoms with van der Waals surface area (Å²) >= 11 is 0. The molecule has 0 fully saturated rings. The summed E-state index contributed by atoms with van der Waals surface area (Å²) in [5.74, 6) is 1.53. The van der Waals surface area contributed by atoms with E-state index in [9.17, 15) is 4.79 Å². The molecule has 4 nitrogen and oxygen atoms in total. The molecule has 3 aromatic rings. The minimum absolute atomic E-state index is 0.0889. The number of nitrogens with zero attached hydrogens (tertiary/aromatic N) is 1. The van der Waals surface area contributed by atoms with E-state index in [-0.39, 0.29) is 12.7 Å². The van der Waals surface area contributed by atoms with Crippen LogP contribution in [0.25, 0.3) is 0 Å². The molecule has 1 heterocycles. The highest BCUT2D eigenvalue weighted by Crippen LogP contribution is 2.32. The summed E-state index contributed by atoms with van der Waals surface area (Å²) in [6.45, 7) is 3.49. The van der Waals surface area contributed by atoms with Gasteiger partial charge in [0, 0.05) is 13.1 Å². The van der Waals surface area contributed by atoms with E-state index in [4.69, 9.17) is 9.47 Å². The lowest BCUT2D eigenvalue weighted by Crippen LogP contribution is -2.31. The van der Waals surface area contributed by atoms with Crippen LogP contribution in [0.4, 0.5) is 0 Å². The number of rotatable bonds is 6. The summed E-state index contributed by atoms with van der Waals surface area (Å²) < 4.78 is 10.8. The van der Waals surface area contributed by atoms with Gasteiger partial charge < -0.3 is 14.4 Å². The van der Waals surface area contributed by atoms with Crippen molar-refractivity contribution in [3.63, 3.8) is 0 Å². The van der Waals surface area contributed by atoms with E-state index < -0.39 is 0 Å². The average molecular weight is 373 g/mol. The summed E-state index contributed by atoms with van der Waals surface area (Å²) in [7, 11) is 0. The van der Waals surface area contributed by atoms with Crippen LogP contribution in [-0.4, -0.2) is 17.6 Å². The molecule has 142 valence electrons. The van der Waals surface area contributed by atoms with Crippen LogP contribution in [0, 0.1) is 6.92 Å². The quantitative estimate of drug-likeness (QED) is 0.639. The van der Waals surface area contributed by atoms with Gasteiger partial charge in [0.05, 0.1) is 6.42 Å². The molecule has 0 radical (unpaired) electrons. The molecule has 0 bridgehead atoms. The fourth-order valence-electron chi connectivity index (χ4n) is 3.37. The van der Waals surface area contributed by atoms with Gasteiger partial charge in [0.15, 0.2) is 11.5 Å². The van der Waals surface area contributed by atoms with Crippen LogP contribution in [-0.2, 0) is 24.3 Å². The second-order valence-corrected chi connectivity index (χ2v) is 7.03. The molecule has 1 amide bonds. The topological polar surface area (TPSA) is 38.8 Å². The lowest BCUT2D eigenvalue weighted by molar-refractivity contribution is -0.131. The number of ether oxygens (including phenoxy) is 2. The molecule has 4 heteroatoms. The highest BCUT2D eigenvalue weighted by atomic mass is 16.7. The van der Waals surface area contributed by atoms with Crippen molar-refractivity contribution in [3.05, 3.63) is 95.1 Å². The van der Waals surface area contributed by atoms with Gasteiger partial charge in [-0.05, 0) is 41.3 Å². The second kappa shape index (κ2) is 8.17. The van der Waals surface area contributed by atoms with Crippen LogP contribution in [0.5, 0.6) is 11.5 Å². The molecule has 28 heavy (non-hydrogen) atoms. The summed E-state index contributed by atoms with van der Waals surface area (Å²) in [5, 5.41) is 0. The summed E-state index contributed by atoms with van der Waals surface area (Å²) in [5.41, 5.74) is 4.40. The van der Waals surface area contributed by atoms with Crippen LogP contribution in [0.1, 0.15) is 22.3 Å². The monoisotopic (exact) mass is 373 g/mol. The molecule has 1 aliphatic heterocycles. The van der Waals surface area contributed by atoms with Crippen LogP contribution in [0.3, 0.4) is 0 Å². The third-order valence-corrected chi connectivity index (χ3v) is 4.98. The number of fused-ring (bicyclic) bond motifs is 1. The van der Waals surface area contributed by atoms with Gasteiger partial charge in [-0.2, -0.15) is 0 Å². The molecule has 0 saturated heterocycles. The molecule has 0 spiro atoms. The third-order valence-electron chi connectivity index (χ3n) is 4.98. The van der Waals surface area contributed by atoms with E-state index in [1.165, 1.54) is 5.56 Å². The van der Waals surface area contributed by atoms with Crippen LogP contribution >= 0.6 is 0 Å². The average Bonchev–Trinajstić information content (AvgIpc) is 3.18. The highest BCUT2D eigenvalue weighted by Gasteiger charge is 2.19. The van der Waals surface area contributed by atoms with Gasteiger partial charge in [-0.25, -0.2) is 0 Å². The van der Waals surface area contributed by atoms with E-state index in [1.54, 1.807) is 0 Å². The van der Waals surface area contributed by atoms with Crippen LogP contribution in [0.15, 0.2) is 72.8 Å². The number of hydrogen-bond donors (Lipinski definition) is 0. The number of amides is 1. The number of benzene rings is 3. The fourth-order valence-corrected chi connectivity index (χ4v) is 3.37. The van der Waals surface area contributed by atoms with Gasteiger partial charge in [0.25, 0.3) is 0 Å². The standard InChI is InChI=1S/C24H23NO3/c1-18-7-5-6-10-21(18)16-25(15-19-8-3-2-4-9-19)24(26)14-20-11-12-22-23(13-20)28-17-27-22/h2-13H,14-17H2,1H3. The SMILES string of the molecule is Cc1ccccc1CN(Cc1ccccc1)C(=O)Cc1ccc2c(c1)OCO2. The predicted octanol–water partition coefficient (Wildman–Crippen LogP) is 4.50. The normalized spacial score (nSPS) is 12.0. The van der Waals surface area contributed by atoms with Gasteiger partial charge in [-0.1, -0.05) is 60.7 Å². The Bertz CT molecular complexity index is 969. The van der Waals surface area contributed by atoms with Crippen molar-refractivity contribution < 1.29 is 14.3 Å². The second-order valence-electron chi connectivity index (χ2n) is 7.03. The minimum Gasteiger partial charge on any atom is -0.454 e. The smallest absolute Gasteiger partial charge is 0.231 e. The third kappa shape index (κ3) is 4.17. The van der Waals surface area contributed by atoms with Gasteiger partial charge in [-0.15, -0.1) is 0 Å². The van der Waals surface area contributed by atoms with Crippen molar-refractivity contribution in [1.82, 2.24) is 4.90 Å². The maximum Gasteiger partial charge on any atom is 0.231 e. The lowest BCUT2D eigenvalue weighted by atomic mass is 10.1. The molecule has 0 unspecified atom stereocenters. The Morgan fingerprint density at radius 3 is 2.43 bits per heavy atom. The molecular formula is C24H23NO3. The number of hydrogen-bond acceptors (Lipinski definition) is 3. The molecular weight excluding hydrogens is 350 g/mol. The summed E-state index contributed by atoms with van der Waals surface area (Å²) in [4.78, 5) is 15.1. The largest absolute Gasteiger partial charge is 0.454 e. The number of aryl methyl sites for hydroxylation is 1. The Labute approximate surface area is 165 Å². The van der Waals surface area contributed by atoms with Gasteiger partial charge >= 0.3 is 0 Å². The van der Waals surface area contributed by atoms with Gasteiger partial charge in [0.2, 0.25) is 12.7 Å². The zero-order valence-corrected chi connectivity index (χ0v) is 15.9. The first-order valence-electron chi connectivity index (χ1n) is 9.44. The number of carbonyl (C=O) groups excluding carboxylic acids is 1. The Kier molecular flexibility index (Phi) is 5.29. The van der Waals surface area contributed by atoms with Gasteiger partial charge in [-0.3, -0.25) is 4.79 Å². The first-order chi connectivity index (χ1) is 13.7. The zero-order chi connectivity index (χ0) is 19.3. The van der Waals surface area contributed by atoms with E-state index in [0.29, 0.717) is 25.3 Å². The minimum atomic E-state index is 0.0889. The maximum absolute atomic E-state index is 13.2. The lowest BCUT2D eigenvalue weighted by Gasteiger charge is -2.24. The van der Waals surface area contributed by atoms with Crippen molar-refractivity contribution in [1.29, 1.82) is 0 Å². The highest BCUT2D eigenvalue weighted by molar-refractivity contribution is 5.79. The first kappa shape index (κ1) is 18.1. The Hall–Kier alpha value is -3.27. The molecule has 0 aliphatic carbocycles. The van der Waals surface area contributed by atoms with Gasteiger partial charge in [0.1, 0.15) is 0 Å². The summed E-state index contributed by atoms with van der Waals surface area (Å²) in [6, 6.07) is 24.0. The van der Waals surface area contributed by atoms with Crippen LogP contribution < -0.4 is 9.47 Å². The molecule has 0 saturated carbocycles. The van der Waals surface area contributed by atoms with E-state index in [0.717, 1.165) is 22.4 Å². The first-order valence-corrected chi connectivity index (χ1v) is 9.44. The van der Waals surface area contributed by atoms with Crippen molar-refractivity contribution in [2.24, 2.45) is 0 Å². The number of carbonyl (C=O) groups is 1. The molecule has 0 aromatic heterocycles. The molecule has 0 atom stereocenters. The van der Waals surface area contributed by atoms with Crippen molar-refractivity contribution >= 4 is 5.91 Å². The maximum atomic E-state index is 13.2. The van der Waals surface area contributed by atoms with E-state index in [1.807, 2.05) is 53.4 Å². The fraction of sp³-hybridized carbons (Fsp3) is 0.208. The summed E-state index contributed by atoms with van der Waals surface area (Å²) in [6.07, 6.45) is 0.329. The zero-order valence-electron chi connectivity index (χ0n) is 15.9.